The molecule has 192 valence electrons. The van der Waals surface area contributed by atoms with Crippen molar-refractivity contribution in [2.45, 2.75) is 30.9 Å². The molecule has 0 aliphatic carbocycles. The van der Waals surface area contributed by atoms with Gasteiger partial charge in [-0.25, -0.2) is 4.79 Å². The first kappa shape index (κ1) is 25.5. The fourth-order valence-corrected chi connectivity index (χ4v) is 6.14. The zero-order valence-corrected chi connectivity index (χ0v) is 21.8. The van der Waals surface area contributed by atoms with Crippen LogP contribution in [0.5, 0.6) is 0 Å². The maximum atomic E-state index is 13.8. The number of esters is 1. The molecule has 0 aromatic heterocycles. The SMILES string of the molecule is C=C(C)C1=C(C(=O)OC(c2ccccc2)c2ccccc2)N2C(=O)[C@@H](NC(=O)Cc3ccccc3)[C@@H]2SC1. The Hall–Kier alpha value is -4.10. The third-order valence-corrected chi connectivity index (χ3v) is 7.91. The summed E-state index contributed by atoms with van der Waals surface area (Å²) in [6.45, 7) is 5.86. The molecule has 1 saturated heterocycles. The molecule has 2 atom stereocenters. The first-order valence-electron chi connectivity index (χ1n) is 12.4. The van der Waals surface area contributed by atoms with Gasteiger partial charge in [-0.05, 0) is 29.2 Å². The van der Waals surface area contributed by atoms with Gasteiger partial charge in [0.25, 0.3) is 5.91 Å². The van der Waals surface area contributed by atoms with Crippen LogP contribution in [0.25, 0.3) is 0 Å². The van der Waals surface area contributed by atoms with E-state index in [0.717, 1.165) is 16.7 Å². The number of β-lactam (4-membered cyclic amide) rings is 1. The summed E-state index contributed by atoms with van der Waals surface area (Å²) in [7, 11) is 0. The van der Waals surface area contributed by atoms with Crippen molar-refractivity contribution < 1.29 is 19.1 Å². The number of nitrogens with zero attached hydrogens (tertiary/aromatic N) is 1. The summed E-state index contributed by atoms with van der Waals surface area (Å²) in [6, 6.07) is 27.7. The van der Waals surface area contributed by atoms with Gasteiger partial charge in [-0.1, -0.05) is 103 Å². The molecule has 7 heteroatoms. The van der Waals surface area contributed by atoms with Crippen LogP contribution < -0.4 is 5.32 Å². The van der Waals surface area contributed by atoms with Gasteiger partial charge in [0.2, 0.25) is 5.91 Å². The lowest BCUT2D eigenvalue weighted by Gasteiger charge is -2.50. The Morgan fingerprint density at radius 1 is 0.974 bits per heavy atom. The fraction of sp³-hybridized carbons (Fsp3) is 0.194. The van der Waals surface area contributed by atoms with Crippen LogP contribution in [-0.2, 0) is 25.5 Å². The smallest absolute Gasteiger partial charge is 0.356 e. The number of hydrogen-bond donors (Lipinski definition) is 1. The molecule has 38 heavy (non-hydrogen) atoms. The number of amides is 2. The highest BCUT2D eigenvalue weighted by molar-refractivity contribution is 8.00. The van der Waals surface area contributed by atoms with Gasteiger partial charge in [-0.3, -0.25) is 14.5 Å². The Balaban J connectivity index is 1.38. The minimum Gasteiger partial charge on any atom is -0.448 e. The highest BCUT2D eigenvalue weighted by atomic mass is 32.2. The van der Waals surface area contributed by atoms with Crippen LogP contribution in [0.3, 0.4) is 0 Å². The minimum atomic E-state index is -0.704. The number of nitrogens with one attached hydrogen (secondary N) is 1. The molecule has 0 unspecified atom stereocenters. The summed E-state index contributed by atoms with van der Waals surface area (Å²) in [6.07, 6.45) is -0.464. The lowest BCUT2D eigenvalue weighted by Crippen LogP contribution is -2.70. The van der Waals surface area contributed by atoms with Crippen molar-refractivity contribution in [3.63, 3.8) is 0 Å². The van der Waals surface area contributed by atoms with Crippen molar-refractivity contribution in [1.29, 1.82) is 0 Å². The topological polar surface area (TPSA) is 75.7 Å². The summed E-state index contributed by atoms with van der Waals surface area (Å²) in [5.41, 5.74) is 4.10. The quantitative estimate of drug-likeness (QED) is 0.339. The number of rotatable bonds is 8. The van der Waals surface area contributed by atoms with Gasteiger partial charge in [0, 0.05) is 5.75 Å². The molecule has 0 saturated carbocycles. The van der Waals surface area contributed by atoms with E-state index >= 15 is 0 Å². The number of allylic oxidation sites excluding steroid dienone is 1. The summed E-state index contributed by atoms with van der Waals surface area (Å²) in [5, 5.41) is 2.47. The molecule has 0 bridgehead atoms. The van der Waals surface area contributed by atoms with Gasteiger partial charge in [0.05, 0.1) is 6.42 Å². The van der Waals surface area contributed by atoms with Gasteiger partial charge in [0.15, 0.2) is 6.10 Å². The van der Waals surface area contributed by atoms with Gasteiger partial charge >= 0.3 is 5.97 Å². The molecular formula is C31H28N2O4S. The first-order chi connectivity index (χ1) is 18.4. The van der Waals surface area contributed by atoms with Crippen molar-refractivity contribution in [1.82, 2.24) is 10.2 Å². The highest BCUT2D eigenvalue weighted by Gasteiger charge is 2.54. The van der Waals surface area contributed by atoms with Crippen LogP contribution >= 0.6 is 11.8 Å². The molecule has 2 amide bonds. The van der Waals surface area contributed by atoms with E-state index in [1.807, 2.05) is 97.9 Å². The summed E-state index contributed by atoms with van der Waals surface area (Å²) in [4.78, 5) is 41.2. The van der Waals surface area contributed by atoms with Crippen LogP contribution in [0.2, 0.25) is 0 Å². The average Bonchev–Trinajstić information content (AvgIpc) is 2.95. The van der Waals surface area contributed by atoms with E-state index in [1.54, 1.807) is 0 Å². The number of carbonyl (C=O) groups is 3. The Morgan fingerprint density at radius 2 is 1.53 bits per heavy atom. The second-order valence-corrected chi connectivity index (χ2v) is 10.4. The van der Waals surface area contributed by atoms with E-state index in [-0.39, 0.29) is 29.3 Å². The van der Waals surface area contributed by atoms with E-state index < -0.39 is 18.1 Å². The van der Waals surface area contributed by atoms with Gasteiger partial charge in [-0.2, -0.15) is 0 Å². The van der Waals surface area contributed by atoms with E-state index in [2.05, 4.69) is 11.9 Å². The predicted octanol–water partition coefficient (Wildman–Crippen LogP) is 4.79. The van der Waals surface area contributed by atoms with Crippen molar-refractivity contribution >= 4 is 29.5 Å². The molecule has 2 aliphatic rings. The number of fused-ring (bicyclic) bond motifs is 1. The number of ether oxygens (including phenoxy) is 1. The monoisotopic (exact) mass is 524 g/mol. The molecule has 3 aromatic carbocycles. The largest absolute Gasteiger partial charge is 0.448 e. The molecule has 2 aliphatic heterocycles. The van der Waals surface area contributed by atoms with Crippen molar-refractivity contribution in [3.8, 4) is 0 Å². The number of hydrogen-bond acceptors (Lipinski definition) is 5. The van der Waals surface area contributed by atoms with Gasteiger partial charge in [0.1, 0.15) is 17.1 Å². The molecule has 1 N–H and O–H groups in total. The second-order valence-electron chi connectivity index (χ2n) is 9.33. The van der Waals surface area contributed by atoms with Crippen LogP contribution in [0.4, 0.5) is 0 Å². The maximum Gasteiger partial charge on any atom is 0.356 e. The molecule has 1 fully saturated rings. The Bertz CT molecular complexity index is 1350. The summed E-state index contributed by atoms with van der Waals surface area (Å²) < 4.78 is 6.11. The van der Waals surface area contributed by atoms with E-state index in [4.69, 9.17) is 4.74 Å². The predicted molar refractivity (Wildman–Crippen MR) is 148 cm³/mol. The highest BCUT2D eigenvalue weighted by Crippen LogP contribution is 2.43. The lowest BCUT2D eigenvalue weighted by atomic mass is 9.99. The Labute approximate surface area is 226 Å². The number of carbonyl (C=O) groups excluding carboxylic acids is 3. The zero-order valence-electron chi connectivity index (χ0n) is 21.0. The van der Waals surface area contributed by atoms with E-state index in [0.29, 0.717) is 16.9 Å². The maximum absolute atomic E-state index is 13.8. The molecular weight excluding hydrogens is 496 g/mol. The average molecular weight is 525 g/mol. The van der Waals surface area contributed by atoms with Gasteiger partial charge < -0.3 is 10.1 Å². The summed E-state index contributed by atoms with van der Waals surface area (Å²) >= 11 is 1.51. The van der Waals surface area contributed by atoms with E-state index in [1.165, 1.54) is 16.7 Å². The molecule has 6 nitrogen and oxygen atoms in total. The van der Waals surface area contributed by atoms with Crippen LogP contribution in [0.1, 0.15) is 29.7 Å². The molecule has 0 spiro atoms. The Kier molecular flexibility index (Phi) is 7.47. The summed E-state index contributed by atoms with van der Waals surface area (Å²) in [5.74, 6) is -0.666. The first-order valence-corrected chi connectivity index (χ1v) is 13.5. The third-order valence-electron chi connectivity index (χ3n) is 6.63. The molecule has 3 aromatic rings. The van der Waals surface area contributed by atoms with Crippen LogP contribution in [-0.4, -0.2) is 39.9 Å². The number of thioether (sulfide) groups is 1. The standard InChI is InChI=1S/C31H28N2O4S/c1-20(2)24-19-38-30-26(32-25(34)18-21-12-6-3-7-13-21)29(35)33(30)27(24)31(36)37-28(22-14-8-4-9-15-22)23-16-10-5-11-17-23/h3-17,26,28,30H,1,18-19H2,2H3,(H,32,34)/t26-,30+/m1/s1. The molecule has 5 rings (SSSR count). The van der Waals surface area contributed by atoms with Crippen molar-refractivity contribution in [3.05, 3.63) is 131 Å². The van der Waals surface area contributed by atoms with Crippen molar-refractivity contribution in [2.75, 3.05) is 5.75 Å². The molecule has 0 radical (unpaired) electrons. The third kappa shape index (κ3) is 5.15. The van der Waals surface area contributed by atoms with E-state index in [9.17, 15) is 14.4 Å². The number of benzene rings is 3. The second kappa shape index (κ2) is 11.1. The minimum absolute atomic E-state index is 0.180. The lowest BCUT2D eigenvalue weighted by molar-refractivity contribution is -0.154. The van der Waals surface area contributed by atoms with Crippen molar-refractivity contribution in [2.24, 2.45) is 0 Å². The fourth-order valence-electron chi connectivity index (χ4n) is 4.69. The zero-order chi connectivity index (χ0) is 26.6. The van der Waals surface area contributed by atoms with Crippen LogP contribution in [0.15, 0.2) is 114 Å². The Morgan fingerprint density at radius 3 is 2.08 bits per heavy atom. The van der Waals surface area contributed by atoms with Crippen LogP contribution in [0, 0.1) is 0 Å². The van der Waals surface area contributed by atoms with Gasteiger partial charge in [-0.15, -0.1) is 11.8 Å². The normalized spacial score (nSPS) is 18.5. The molecule has 2 heterocycles.